The summed E-state index contributed by atoms with van der Waals surface area (Å²) in [5, 5.41) is 0.543. The number of sulfonamides is 1. The summed E-state index contributed by atoms with van der Waals surface area (Å²) >= 11 is 13.3. The first-order valence-electron chi connectivity index (χ1n) is 7.59. The molecule has 2 aromatic rings. The van der Waals surface area contributed by atoms with E-state index in [1.807, 2.05) is 13.0 Å². The lowest BCUT2D eigenvalue weighted by molar-refractivity contribution is 0.0703. The number of amides is 1. The first-order valence-corrected chi connectivity index (χ1v) is 10.6. The van der Waals surface area contributed by atoms with Crippen molar-refractivity contribution in [2.75, 3.05) is 26.2 Å². The third kappa shape index (κ3) is 4.01. The molecule has 1 saturated heterocycles. The molecule has 1 aromatic heterocycles. The van der Waals surface area contributed by atoms with Gasteiger partial charge in [0.25, 0.3) is 5.91 Å². The van der Waals surface area contributed by atoms with Crippen molar-refractivity contribution in [2.24, 2.45) is 0 Å². The highest BCUT2D eigenvalue weighted by Gasteiger charge is 2.31. The van der Waals surface area contributed by atoms with E-state index in [0.29, 0.717) is 18.0 Å². The van der Waals surface area contributed by atoms with Crippen LogP contribution in [0.2, 0.25) is 10.0 Å². The van der Waals surface area contributed by atoms with E-state index < -0.39 is 10.0 Å². The van der Waals surface area contributed by atoms with E-state index in [4.69, 9.17) is 23.2 Å². The van der Waals surface area contributed by atoms with Crippen molar-refractivity contribution >= 4 is 50.5 Å². The van der Waals surface area contributed by atoms with Crippen molar-refractivity contribution in [1.29, 1.82) is 0 Å². The number of nitrogens with zero attached hydrogens (tertiary/aromatic N) is 2. The van der Waals surface area contributed by atoms with Gasteiger partial charge in [0.2, 0.25) is 10.0 Å². The summed E-state index contributed by atoms with van der Waals surface area (Å²) in [6, 6.07) is 7.96. The number of aryl methyl sites for hydroxylation is 1. The zero-order valence-electron chi connectivity index (χ0n) is 13.4. The van der Waals surface area contributed by atoms with E-state index >= 15 is 0 Å². The number of carbonyl (C=O) groups is 1. The van der Waals surface area contributed by atoms with Crippen LogP contribution in [0.15, 0.2) is 35.2 Å². The molecule has 0 atom stereocenters. The number of rotatable bonds is 3. The minimum Gasteiger partial charge on any atom is -0.335 e. The molecule has 134 valence electrons. The highest BCUT2D eigenvalue weighted by atomic mass is 35.5. The third-order valence-electron chi connectivity index (χ3n) is 3.95. The number of hydrogen-bond acceptors (Lipinski definition) is 4. The highest BCUT2D eigenvalue weighted by Crippen LogP contribution is 2.26. The summed E-state index contributed by atoms with van der Waals surface area (Å²) in [4.78, 5) is 16.0. The van der Waals surface area contributed by atoms with Gasteiger partial charge in [-0.05, 0) is 37.3 Å². The van der Waals surface area contributed by atoms with Gasteiger partial charge in [-0.15, -0.1) is 11.3 Å². The largest absolute Gasteiger partial charge is 0.335 e. The Morgan fingerprint density at radius 2 is 1.64 bits per heavy atom. The van der Waals surface area contributed by atoms with Crippen LogP contribution in [0.5, 0.6) is 0 Å². The van der Waals surface area contributed by atoms with Gasteiger partial charge in [-0.3, -0.25) is 4.79 Å². The zero-order valence-corrected chi connectivity index (χ0v) is 16.6. The molecule has 1 aromatic carbocycles. The fraction of sp³-hybridized carbons (Fsp3) is 0.312. The lowest BCUT2D eigenvalue weighted by Crippen LogP contribution is -2.50. The Bertz CT molecular complexity index is 884. The molecule has 3 rings (SSSR count). The second-order valence-electron chi connectivity index (χ2n) is 5.71. The van der Waals surface area contributed by atoms with Gasteiger partial charge in [-0.2, -0.15) is 4.31 Å². The molecule has 0 aliphatic carbocycles. The molecule has 0 spiro atoms. The minimum absolute atomic E-state index is 0.0547. The van der Waals surface area contributed by atoms with E-state index in [0.717, 1.165) is 4.88 Å². The van der Waals surface area contributed by atoms with E-state index in [9.17, 15) is 13.2 Å². The second kappa shape index (κ2) is 7.25. The van der Waals surface area contributed by atoms with Gasteiger partial charge in [0.15, 0.2) is 0 Å². The Kier molecular flexibility index (Phi) is 5.41. The second-order valence-corrected chi connectivity index (χ2v) is 9.81. The van der Waals surface area contributed by atoms with Crippen LogP contribution in [0, 0.1) is 6.92 Å². The van der Waals surface area contributed by atoms with Crippen molar-refractivity contribution in [2.45, 2.75) is 11.8 Å². The quantitative estimate of drug-likeness (QED) is 0.765. The number of carbonyl (C=O) groups excluding carboxylic acids is 1. The average Bonchev–Trinajstić information content (AvgIpc) is 3.00. The van der Waals surface area contributed by atoms with Crippen LogP contribution in [-0.2, 0) is 10.0 Å². The minimum atomic E-state index is -3.69. The van der Waals surface area contributed by atoms with Crippen molar-refractivity contribution in [1.82, 2.24) is 9.21 Å². The monoisotopic (exact) mass is 418 g/mol. The van der Waals surface area contributed by atoms with Crippen molar-refractivity contribution in [3.63, 3.8) is 0 Å². The van der Waals surface area contributed by atoms with Gasteiger partial charge in [0.1, 0.15) is 0 Å². The average molecular weight is 419 g/mol. The first kappa shape index (κ1) is 18.7. The number of hydrogen-bond donors (Lipinski definition) is 0. The molecule has 0 N–H and O–H groups in total. The van der Waals surface area contributed by atoms with E-state index in [1.165, 1.54) is 33.8 Å². The van der Waals surface area contributed by atoms with Crippen LogP contribution in [0.25, 0.3) is 0 Å². The van der Waals surface area contributed by atoms with Gasteiger partial charge < -0.3 is 4.90 Å². The van der Waals surface area contributed by atoms with Crippen LogP contribution in [-0.4, -0.2) is 49.7 Å². The van der Waals surface area contributed by atoms with Crippen LogP contribution < -0.4 is 0 Å². The van der Waals surface area contributed by atoms with Crippen LogP contribution >= 0.6 is 34.5 Å². The van der Waals surface area contributed by atoms with Crippen molar-refractivity contribution in [3.05, 3.63) is 50.1 Å². The summed E-state index contributed by atoms with van der Waals surface area (Å²) in [5.41, 5.74) is 0. The van der Waals surface area contributed by atoms with Gasteiger partial charge in [0, 0.05) is 41.1 Å². The fourth-order valence-corrected chi connectivity index (χ4v) is 5.65. The third-order valence-corrected chi connectivity index (χ3v) is 7.25. The highest BCUT2D eigenvalue weighted by molar-refractivity contribution is 7.89. The van der Waals surface area contributed by atoms with Crippen molar-refractivity contribution in [3.8, 4) is 0 Å². The molecule has 1 aliphatic heterocycles. The molecule has 1 amide bonds. The number of piperazine rings is 1. The SMILES string of the molecule is Cc1ccc(C(=O)N2CCN(S(=O)(=O)c3cc(Cl)cc(Cl)c3)CC2)s1. The molecule has 0 bridgehead atoms. The summed E-state index contributed by atoms with van der Waals surface area (Å²) in [6.45, 7) is 3.12. The van der Waals surface area contributed by atoms with Gasteiger partial charge in [0.05, 0.1) is 9.77 Å². The summed E-state index contributed by atoms with van der Waals surface area (Å²) in [5.74, 6) is -0.0547. The molecule has 1 aliphatic rings. The maximum atomic E-state index is 12.7. The van der Waals surface area contributed by atoms with Crippen LogP contribution in [0.3, 0.4) is 0 Å². The predicted octanol–water partition coefficient (Wildman–Crippen LogP) is 3.51. The molecular formula is C16H16Cl2N2O3S2. The van der Waals surface area contributed by atoms with E-state index in [-0.39, 0.29) is 33.9 Å². The number of halogens is 2. The molecule has 1 fully saturated rings. The molecule has 0 radical (unpaired) electrons. The molecule has 9 heteroatoms. The maximum absolute atomic E-state index is 12.7. The Hall–Kier alpha value is -1.12. The molecule has 0 unspecified atom stereocenters. The topological polar surface area (TPSA) is 57.7 Å². The zero-order chi connectivity index (χ0) is 18.2. The number of benzene rings is 1. The summed E-state index contributed by atoms with van der Waals surface area (Å²) in [6.07, 6.45) is 0. The van der Waals surface area contributed by atoms with Crippen LogP contribution in [0.4, 0.5) is 0 Å². The Balaban J connectivity index is 1.72. The summed E-state index contributed by atoms with van der Waals surface area (Å²) in [7, 11) is -3.69. The number of thiophene rings is 1. The predicted molar refractivity (Wildman–Crippen MR) is 100 cm³/mol. The molecule has 0 saturated carbocycles. The fourth-order valence-electron chi connectivity index (χ4n) is 2.66. The van der Waals surface area contributed by atoms with Gasteiger partial charge >= 0.3 is 0 Å². The Morgan fingerprint density at radius 3 is 2.16 bits per heavy atom. The molecule has 5 nitrogen and oxygen atoms in total. The lowest BCUT2D eigenvalue weighted by atomic mass is 10.3. The first-order chi connectivity index (χ1) is 11.8. The Morgan fingerprint density at radius 1 is 1.04 bits per heavy atom. The lowest BCUT2D eigenvalue weighted by Gasteiger charge is -2.33. The van der Waals surface area contributed by atoms with Gasteiger partial charge in [-0.1, -0.05) is 23.2 Å². The molecule has 25 heavy (non-hydrogen) atoms. The summed E-state index contributed by atoms with van der Waals surface area (Å²) < 4.78 is 26.9. The maximum Gasteiger partial charge on any atom is 0.264 e. The molecule has 2 heterocycles. The Labute approximate surface area is 160 Å². The van der Waals surface area contributed by atoms with E-state index in [2.05, 4.69) is 0 Å². The van der Waals surface area contributed by atoms with Gasteiger partial charge in [-0.25, -0.2) is 8.42 Å². The standard InChI is InChI=1S/C16H16Cl2N2O3S2/c1-11-2-3-15(24-11)16(21)19-4-6-20(7-5-19)25(22,23)14-9-12(17)8-13(18)10-14/h2-3,8-10H,4-7H2,1H3. The smallest absolute Gasteiger partial charge is 0.264 e. The van der Waals surface area contributed by atoms with E-state index in [1.54, 1.807) is 11.0 Å². The normalized spacial score (nSPS) is 16.2. The van der Waals surface area contributed by atoms with Crippen LogP contribution in [0.1, 0.15) is 14.5 Å². The molecular weight excluding hydrogens is 403 g/mol. The van der Waals surface area contributed by atoms with Crippen molar-refractivity contribution < 1.29 is 13.2 Å².